The van der Waals surface area contributed by atoms with Crippen LogP contribution >= 0.6 is 0 Å². The summed E-state index contributed by atoms with van der Waals surface area (Å²) in [6.07, 6.45) is 0.755. The van der Waals surface area contributed by atoms with Crippen LogP contribution in [0.25, 0.3) is 10.9 Å². The topological polar surface area (TPSA) is 48.6 Å². The van der Waals surface area contributed by atoms with E-state index >= 15 is 0 Å². The normalized spacial score (nSPS) is 10.9. The number of aromatic nitrogens is 1. The first-order chi connectivity index (χ1) is 16.0. The van der Waals surface area contributed by atoms with Crippen molar-refractivity contribution in [3.63, 3.8) is 0 Å². The van der Waals surface area contributed by atoms with Crippen molar-refractivity contribution < 1.29 is 9.53 Å². The molecule has 0 fully saturated rings. The second kappa shape index (κ2) is 9.82. The second-order valence-electron chi connectivity index (χ2n) is 8.55. The van der Waals surface area contributed by atoms with Gasteiger partial charge in [0, 0.05) is 55.0 Å². The summed E-state index contributed by atoms with van der Waals surface area (Å²) in [6.45, 7) is 3.27. The number of aryl methyl sites for hydroxylation is 1. The molecule has 0 aliphatic carbocycles. The van der Waals surface area contributed by atoms with Crippen LogP contribution in [-0.4, -0.2) is 43.5 Å². The van der Waals surface area contributed by atoms with Gasteiger partial charge in [0.05, 0.1) is 7.11 Å². The summed E-state index contributed by atoms with van der Waals surface area (Å²) in [5.74, 6) is 0.873. The third-order valence-corrected chi connectivity index (χ3v) is 6.07. The molecule has 0 radical (unpaired) electrons. The maximum absolute atomic E-state index is 13.6. The number of fused-ring (bicyclic) bond motifs is 1. The number of rotatable bonds is 8. The molecule has 0 atom stereocenters. The Kier molecular flexibility index (Phi) is 6.68. The average molecular weight is 442 g/mol. The van der Waals surface area contributed by atoms with Crippen molar-refractivity contribution in [2.24, 2.45) is 0 Å². The molecule has 1 amide bonds. The highest BCUT2D eigenvalue weighted by Crippen LogP contribution is 2.27. The number of aromatic amines is 1. The van der Waals surface area contributed by atoms with Crippen molar-refractivity contribution in [1.82, 2.24) is 9.88 Å². The number of nitrogens with zero attached hydrogens (tertiary/aromatic N) is 2. The van der Waals surface area contributed by atoms with Crippen LogP contribution in [0.3, 0.4) is 0 Å². The van der Waals surface area contributed by atoms with Gasteiger partial charge in [-0.3, -0.25) is 4.79 Å². The maximum Gasteiger partial charge on any atom is 0.254 e. The summed E-state index contributed by atoms with van der Waals surface area (Å²) in [7, 11) is 5.65. The van der Waals surface area contributed by atoms with Crippen LogP contribution in [0.2, 0.25) is 0 Å². The van der Waals surface area contributed by atoms with Gasteiger partial charge in [-0.05, 0) is 60.9 Å². The Morgan fingerprint density at radius 1 is 0.970 bits per heavy atom. The number of carbonyl (C=O) groups excluding carboxylic acids is 1. The number of hydrogen-bond donors (Lipinski definition) is 1. The van der Waals surface area contributed by atoms with Crippen LogP contribution in [0.4, 0.5) is 5.69 Å². The molecular weight excluding hydrogens is 410 g/mol. The standard InChI is InChI=1S/C28H31N3O2/c1-20-25(26-18-24(33-4)13-14-27(26)29-20)15-16-31(19-21-9-6-5-7-10-21)28(32)22-11-8-12-23(17-22)30(2)3/h5-14,17-18,29H,15-16,19H2,1-4H3. The zero-order valence-corrected chi connectivity index (χ0v) is 19.8. The highest BCUT2D eigenvalue weighted by Gasteiger charge is 2.19. The van der Waals surface area contributed by atoms with Gasteiger partial charge in [-0.2, -0.15) is 0 Å². The van der Waals surface area contributed by atoms with Gasteiger partial charge < -0.3 is 19.5 Å². The van der Waals surface area contributed by atoms with Gasteiger partial charge in [-0.1, -0.05) is 36.4 Å². The molecule has 4 aromatic rings. The van der Waals surface area contributed by atoms with Gasteiger partial charge in [0.25, 0.3) is 5.91 Å². The van der Waals surface area contributed by atoms with Gasteiger partial charge in [-0.25, -0.2) is 0 Å². The van der Waals surface area contributed by atoms with Crippen molar-refractivity contribution in [2.75, 3.05) is 32.6 Å². The monoisotopic (exact) mass is 441 g/mol. The fourth-order valence-corrected chi connectivity index (χ4v) is 4.21. The third kappa shape index (κ3) is 5.03. The lowest BCUT2D eigenvalue weighted by atomic mass is 10.1. The molecule has 0 aliphatic rings. The second-order valence-corrected chi connectivity index (χ2v) is 8.55. The molecule has 1 aromatic heterocycles. The minimum Gasteiger partial charge on any atom is -0.497 e. The largest absolute Gasteiger partial charge is 0.497 e. The summed E-state index contributed by atoms with van der Waals surface area (Å²) in [5, 5.41) is 1.15. The van der Waals surface area contributed by atoms with Crippen LogP contribution < -0.4 is 9.64 Å². The van der Waals surface area contributed by atoms with E-state index in [1.54, 1.807) is 7.11 Å². The molecular formula is C28H31N3O2. The average Bonchev–Trinajstić information content (AvgIpc) is 3.15. The van der Waals surface area contributed by atoms with Crippen LogP contribution in [-0.2, 0) is 13.0 Å². The molecule has 0 bridgehead atoms. The summed E-state index contributed by atoms with van der Waals surface area (Å²) in [5.41, 5.74) is 6.26. The molecule has 0 unspecified atom stereocenters. The van der Waals surface area contributed by atoms with Crippen molar-refractivity contribution in [3.05, 3.63) is 95.2 Å². The quantitative estimate of drug-likeness (QED) is 0.396. The molecule has 0 aliphatic heterocycles. The first-order valence-electron chi connectivity index (χ1n) is 11.2. The summed E-state index contributed by atoms with van der Waals surface area (Å²) in [4.78, 5) is 21.0. The molecule has 0 saturated carbocycles. The summed E-state index contributed by atoms with van der Waals surface area (Å²) < 4.78 is 5.44. The zero-order chi connectivity index (χ0) is 23.4. The van der Waals surface area contributed by atoms with E-state index in [1.165, 1.54) is 5.56 Å². The zero-order valence-electron chi connectivity index (χ0n) is 19.8. The van der Waals surface area contributed by atoms with E-state index in [-0.39, 0.29) is 5.91 Å². The minimum atomic E-state index is 0.0395. The Morgan fingerprint density at radius 3 is 2.48 bits per heavy atom. The number of carbonyl (C=O) groups is 1. The summed E-state index contributed by atoms with van der Waals surface area (Å²) in [6, 6.07) is 24.1. The molecule has 1 N–H and O–H groups in total. The Labute approximate surface area is 195 Å². The molecule has 0 spiro atoms. The van der Waals surface area contributed by atoms with E-state index in [0.717, 1.165) is 40.0 Å². The molecule has 5 heteroatoms. The van der Waals surface area contributed by atoms with Crippen LogP contribution in [0, 0.1) is 6.92 Å². The van der Waals surface area contributed by atoms with Gasteiger partial charge in [-0.15, -0.1) is 0 Å². The minimum absolute atomic E-state index is 0.0395. The number of benzene rings is 3. The lowest BCUT2D eigenvalue weighted by molar-refractivity contribution is 0.0745. The highest BCUT2D eigenvalue weighted by atomic mass is 16.5. The lowest BCUT2D eigenvalue weighted by Gasteiger charge is -2.24. The van der Waals surface area contributed by atoms with E-state index in [2.05, 4.69) is 30.1 Å². The smallest absolute Gasteiger partial charge is 0.254 e. The molecule has 5 nitrogen and oxygen atoms in total. The van der Waals surface area contributed by atoms with E-state index in [1.807, 2.05) is 78.5 Å². The Morgan fingerprint density at radius 2 is 1.76 bits per heavy atom. The first-order valence-corrected chi connectivity index (χ1v) is 11.2. The highest BCUT2D eigenvalue weighted by molar-refractivity contribution is 5.95. The predicted octanol–water partition coefficient (Wildman–Crippen LogP) is 5.44. The van der Waals surface area contributed by atoms with Crippen molar-refractivity contribution in [2.45, 2.75) is 19.9 Å². The number of nitrogens with one attached hydrogen (secondary N) is 1. The molecule has 3 aromatic carbocycles. The number of H-pyrrole nitrogens is 1. The number of anilines is 1. The van der Waals surface area contributed by atoms with E-state index in [9.17, 15) is 4.79 Å². The van der Waals surface area contributed by atoms with Gasteiger partial charge in [0.15, 0.2) is 0 Å². The van der Waals surface area contributed by atoms with Gasteiger partial charge >= 0.3 is 0 Å². The number of hydrogen-bond acceptors (Lipinski definition) is 3. The summed E-state index contributed by atoms with van der Waals surface area (Å²) >= 11 is 0. The van der Waals surface area contributed by atoms with Crippen molar-refractivity contribution >= 4 is 22.5 Å². The number of ether oxygens (including phenoxy) is 1. The van der Waals surface area contributed by atoms with Crippen LogP contribution in [0.1, 0.15) is 27.2 Å². The lowest BCUT2D eigenvalue weighted by Crippen LogP contribution is -2.32. The molecule has 1 heterocycles. The fraction of sp³-hybridized carbons (Fsp3) is 0.250. The van der Waals surface area contributed by atoms with Gasteiger partial charge in [0.2, 0.25) is 0 Å². The SMILES string of the molecule is COc1ccc2[nH]c(C)c(CCN(Cc3ccccc3)C(=O)c3cccc(N(C)C)c3)c2c1. The third-order valence-electron chi connectivity index (χ3n) is 6.07. The Bertz CT molecular complexity index is 1240. The van der Waals surface area contributed by atoms with Crippen molar-refractivity contribution in [1.29, 1.82) is 0 Å². The van der Waals surface area contributed by atoms with E-state index in [4.69, 9.17) is 4.74 Å². The van der Waals surface area contributed by atoms with Gasteiger partial charge in [0.1, 0.15) is 5.75 Å². The molecule has 4 rings (SSSR count). The predicted molar refractivity (Wildman–Crippen MR) is 135 cm³/mol. The molecule has 170 valence electrons. The first kappa shape index (κ1) is 22.5. The van der Waals surface area contributed by atoms with Crippen LogP contribution in [0.15, 0.2) is 72.8 Å². The van der Waals surface area contributed by atoms with Crippen molar-refractivity contribution in [3.8, 4) is 5.75 Å². The van der Waals surface area contributed by atoms with Crippen LogP contribution in [0.5, 0.6) is 5.75 Å². The Hall–Kier alpha value is -3.73. The maximum atomic E-state index is 13.6. The number of methoxy groups -OCH3 is 1. The van der Waals surface area contributed by atoms with E-state index in [0.29, 0.717) is 18.7 Å². The van der Waals surface area contributed by atoms with E-state index < -0.39 is 0 Å². The molecule has 0 saturated heterocycles. The molecule has 33 heavy (non-hydrogen) atoms. The fourth-order valence-electron chi connectivity index (χ4n) is 4.21. The number of amides is 1. The Balaban J connectivity index is 1.63.